The standard InChI is InChI=1S/C24H28N2O7/c1-11-6-8-15(26-11)21(28)30-17-10-24(4,5)33-23(13(17)3)31-16-9-7-14-19(27)18(25)22(29)32-20(14)12(16)2/h6-9,13,17,23,26-27H,10,25H2,1-5H3/t13?,17-,23-/m1/s1. The number of fused-ring (bicyclic) bond motifs is 1. The number of nitrogen functional groups attached to an aromatic ring is 1. The van der Waals surface area contributed by atoms with Gasteiger partial charge in [0.15, 0.2) is 11.4 Å². The summed E-state index contributed by atoms with van der Waals surface area (Å²) in [6.45, 7) is 9.27. The summed E-state index contributed by atoms with van der Waals surface area (Å²) in [6, 6.07) is 6.72. The van der Waals surface area contributed by atoms with Gasteiger partial charge in [0, 0.05) is 17.7 Å². The van der Waals surface area contributed by atoms with Crippen LogP contribution in [0.15, 0.2) is 33.5 Å². The second-order valence-electron chi connectivity index (χ2n) is 9.14. The summed E-state index contributed by atoms with van der Waals surface area (Å²) in [5.74, 6) is -0.645. The van der Waals surface area contributed by atoms with Crippen LogP contribution >= 0.6 is 0 Å². The van der Waals surface area contributed by atoms with Crippen LogP contribution in [0.1, 0.15) is 48.9 Å². The number of H-pyrrole nitrogens is 1. The summed E-state index contributed by atoms with van der Waals surface area (Å²) < 4.78 is 23.4. The molecule has 1 saturated heterocycles. The lowest BCUT2D eigenvalue weighted by Crippen LogP contribution is -2.51. The van der Waals surface area contributed by atoms with Crippen molar-refractivity contribution in [2.24, 2.45) is 5.92 Å². The van der Waals surface area contributed by atoms with E-state index in [2.05, 4.69) is 4.98 Å². The molecule has 2 aromatic heterocycles. The van der Waals surface area contributed by atoms with E-state index < -0.39 is 29.6 Å². The molecule has 9 heteroatoms. The fourth-order valence-electron chi connectivity index (χ4n) is 4.05. The molecule has 0 bridgehead atoms. The van der Waals surface area contributed by atoms with Gasteiger partial charge in [0.1, 0.15) is 23.1 Å². The molecule has 3 atom stereocenters. The van der Waals surface area contributed by atoms with Gasteiger partial charge in [0.05, 0.1) is 16.9 Å². The lowest BCUT2D eigenvalue weighted by atomic mass is 9.88. The molecular formula is C24H28N2O7. The number of nitrogens with one attached hydrogen (secondary N) is 1. The number of rotatable bonds is 4. The number of nitrogens with two attached hydrogens (primary N) is 1. The van der Waals surface area contributed by atoms with Crippen molar-refractivity contribution in [3.05, 3.63) is 51.6 Å². The minimum atomic E-state index is -0.824. The van der Waals surface area contributed by atoms with Crippen LogP contribution < -0.4 is 16.1 Å². The highest BCUT2D eigenvalue weighted by molar-refractivity contribution is 5.90. The van der Waals surface area contributed by atoms with Crippen molar-refractivity contribution in [2.75, 3.05) is 5.73 Å². The normalized spacial score (nSPS) is 22.3. The first-order valence-corrected chi connectivity index (χ1v) is 10.7. The van der Waals surface area contributed by atoms with E-state index in [0.717, 1.165) is 5.69 Å². The molecule has 176 valence electrons. The SMILES string of the molecule is Cc1ccc(C(=O)O[C@@H]2CC(C)(C)O[C@@H](Oc3ccc4c(O)c(N)c(=O)oc4c3C)C2C)[nH]1. The zero-order valence-electron chi connectivity index (χ0n) is 19.2. The number of ether oxygens (including phenoxy) is 3. The first kappa shape index (κ1) is 22.7. The molecule has 1 aromatic carbocycles. The van der Waals surface area contributed by atoms with Crippen molar-refractivity contribution >= 4 is 22.6 Å². The molecule has 33 heavy (non-hydrogen) atoms. The molecular weight excluding hydrogens is 428 g/mol. The third-order valence-corrected chi connectivity index (χ3v) is 5.98. The van der Waals surface area contributed by atoms with Gasteiger partial charge in [-0.2, -0.15) is 0 Å². The second-order valence-corrected chi connectivity index (χ2v) is 9.14. The fourth-order valence-corrected chi connectivity index (χ4v) is 4.05. The predicted octanol–water partition coefficient (Wildman–Crippen LogP) is 3.79. The highest BCUT2D eigenvalue weighted by Crippen LogP contribution is 2.38. The van der Waals surface area contributed by atoms with Gasteiger partial charge in [0.25, 0.3) is 0 Å². The van der Waals surface area contributed by atoms with Gasteiger partial charge < -0.3 is 34.5 Å². The van der Waals surface area contributed by atoms with Gasteiger partial charge in [-0.05, 0) is 52.0 Å². The molecule has 1 unspecified atom stereocenters. The van der Waals surface area contributed by atoms with E-state index in [1.807, 2.05) is 33.8 Å². The number of aromatic hydroxyl groups is 1. The number of hydrogen-bond acceptors (Lipinski definition) is 8. The third kappa shape index (κ3) is 4.28. The predicted molar refractivity (Wildman–Crippen MR) is 121 cm³/mol. The average molecular weight is 456 g/mol. The number of aryl methyl sites for hydroxylation is 2. The molecule has 3 heterocycles. The Balaban J connectivity index is 1.61. The quantitative estimate of drug-likeness (QED) is 0.398. The molecule has 4 N–H and O–H groups in total. The fraction of sp³-hybridized carbons (Fsp3) is 0.417. The monoisotopic (exact) mass is 456 g/mol. The van der Waals surface area contributed by atoms with Gasteiger partial charge >= 0.3 is 11.6 Å². The first-order valence-electron chi connectivity index (χ1n) is 10.7. The van der Waals surface area contributed by atoms with E-state index in [0.29, 0.717) is 28.8 Å². The van der Waals surface area contributed by atoms with Crippen LogP contribution in [0, 0.1) is 19.8 Å². The Bertz CT molecular complexity index is 1270. The van der Waals surface area contributed by atoms with Crippen molar-refractivity contribution in [2.45, 2.75) is 59.0 Å². The summed E-state index contributed by atoms with van der Waals surface area (Å²) in [6.07, 6.45) is -0.683. The molecule has 0 saturated carbocycles. The molecule has 4 rings (SSSR count). The molecule has 1 aliphatic heterocycles. The van der Waals surface area contributed by atoms with Crippen molar-refractivity contribution < 1.29 is 28.5 Å². The van der Waals surface area contributed by atoms with Gasteiger partial charge in [-0.25, -0.2) is 9.59 Å². The van der Waals surface area contributed by atoms with E-state index in [9.17, 15) is 14.7 Å². The van der Waals surface area contributed by atoms with Gasteiger partial charge in [-0.15, -0.1) is 0 Å². The number of aromatic nitrogens is 1. The highest BCUT2D eigenvalue weighted by Gasteiger charge is 2.44. The minimum Gasteiger partial charge on any atom is -0.505 e. The largest absolute Gasteiger partial charge is 0.505 e. The summed E-state index contributed by atoms with van der Waals surface area (Å²) in [5, 5.41) is 10.5. The van der Waals surface area contributed by atoms with E-state index in [1.54, 1.807) is 25.1 Å². The topological polar surface area (TPSA) is 137 Å². The number of carbonyl (C=O) groups excluding carboxylic acids is 1. The van der Waals surface area contributed by atoms with E-state index in [-0.39, 0.29) is 22.9 Å². The summed E-state index contributed by atoms with van der Waals surface area (Å²) >= 11 is 0. The van der Waals surface area contributed by atoms with Crippen LogP contribution in [-0.4, -0.2) is 34.1 Å². The molecule has 9 nitrogen and oxygen atoms in total. The summed E-state index contributed by atoms with van der Waals surface area (Å²) in [5.41, 5.74) is 5.75. The Morgan fingerprint density at radius 3 is 2.64 bits per heavy atom. The van der Waals surface area contributed by atoms with Crippen LogP contribution in [0.25, 0.3) is 11.0 Å². The van der Waals surface area contributed by atoms with Crippen LogP contribution in [-0.2, 0) is 9.47 Å². The zero-order chi connectivity index (χ0) is 24.1. The lowest BCUT2D eigenvalue weighted by molar-refractivity contribution is -0.239. The van der Waals surface area contributed by atoms with E-state index >= 15 is 0 Å². The minimum absolute atomic E-state index is 0.178. The number of carbonyl (C=O) groups is 1. The molecule has 0 spiro atoms. The van der Waals surface area contributed by atoms with Gasteiger partial charge in [-0.3, -0.25) is 0 Å². The molecule has 0 aliphatic carbocycles. The number of anilines is 1. The molecule has 0 amide bonds. The molecule has 1 fully saturated rings. The summed E-state index contributed by atoms with van der Waals surface area (Å²) in [7, 11) is 0. The second kappa shape index (κ2) is 8.15. The van der Waals surface area contributed by atoms with Gasteiger partial charge in [-0.1, -0.05) is 6.92 Å². The van der Waals surface area contributed by atoms with Gasteiger partial charge in [0.2, 0.25) is 6.29 Å². The summed E-state index contributed by atoms with van der Waals surface area (Å²) in [4.78, 5) is 27.6. The van der Waals surface area contributed by atoms with Crippen molar-refractivity contribution in [3.63, 3.8) is 0 Å². The number of hydrogen-bond donors (Lipinski definition) is 3. The van der Waals surface area contributed by atoms with Crippen LogP contribution in [0.4, 0.5) is 5.69 Å². The Labute approximate surface area is 190 Å². The van der Waals surface area contributed by atoms with Crippen molar-refractivity contribution in [3.8, 4) is 11.5 Å². The van der Waals surface area contributed by atoms with Crippen molar-refractivity contribution in [1.82, 2.24) is 4.98 Å². The average Bonchev–Trinajstić information content (AvgIpc) is 3.18. The zero-order valence-corrected chi connectivity index (χ0v) is 19.2. The van der Waals surface area contributed by atoms with E-state index in [4.69, 9.17) is 24.4 Å². The third-order valence-electron chi connectivity index (χ3n) is 5.98. The Morgan fingerprint density at radius 2 is 1.97 bits per heavy atom. The van der Waals surface area contributed by atoms with Crippen LogP contribution in [0.3, 0.4) is 0 Å². The maximum absolute atomic E-state index is 12.6. The number of esters is 1. The molecule has 3 aromatic rings. The van der Waals surface area contributed by atoms with Crippen LogP contribution in [0.2, 0.25) is 0 Å². The first-order chi connectivity index (χ1) is 15.5. The van der Waals surface area contributed by atoms with Crippen molar-refractivity contribution in [1.29, 1.82) is 0 Å². The number of benzene rings is 1. The Hall–Kier alpha value is -3.46. The highest BCUT2D eigenvalue weighted by atomic mass is 16.7. The molecule has 0 radical (unpaired) electrons. The van der Waals surface area contributed by atoms with E-state index in [1.165, 1.54) is 0 Å². The Kier molecular flexibility index (Phi) is 5.61. The number of aromatic amines is 1. The smallest absolute Gasteiger partial charge is 0.363 e. The Morgan fingerprint density at radius 1 is 1.24 bits per heavy atom. The maximum Gasteiger partial charge on any atom is 0.363 e. The maximum atomic E-state index is 12.6. The lowest BCUT2D eigenvalue weighted by Gasteiger charge is -2.43. The van der Waals surface area contributed by atoms with Crippen LogP contribution in [0.5, 0.6) is 11.5 Å². The molecule has 1 aliphatic rings.